The molecule has 0 aliphatic heterocycles. The highest BCUT2D eigenvalue weighted by molar-refractivity contribution is 6.31. The first-order valence-corrected chi connectivity index (χ1v) is 10.6. The SMILES string of the molecule is C=C(C)c1cc2c3c(cc(C#N)c4c5ccccc5oc1c43)c(=O)n1c3ccccc3nc21. The van der Waals surface area contributed by atoms with Crippen LogP contribution in [0, 0.1) is 11.3 Å². The highest BCUT2D eigenvalue weighted by Crippen LogP contribution is 2.43. The number of hydrogen-bond acceptors (Lipinski definition) is 4. The Labute approximate surface area is 186 Å². The third-order valence-electron chi connectivity index (χ3n) is 6.54. The number of para-hydroxylation sites is 3. The Morgan fingerprint density at radius 1 is 1.00 bits per heavy atom. The summed E-state index contributed by atoms with van der Waals surface area (Å²) >= 11 is 0. The van der Waals surface area contributed by atoms with E-state index in [1.807, 2.05) is 61.5 Å². The van der Waals surface area contributed by atoms with Gasteiger partial charge in [0.05, 0.1) is 28.1 Å². The molecule has 0 bridgehead atoms. The summed E-state index contributed by atoms with van der Waals surface area (Å²) in [7, 11) is 0. The number of benzene rings is 4. The average molecular weight is 425 g/mol. The first-order chi connectivity index (χ1) is 16.1. The van der Waals surface area contributed by atoms with Crippen molar-refractivity contribution in [3.05, 3.63) is 88.7 Å². The molecule has 7 rings (SSSR count). The lowest BCUT2D eigenvalue weighted by Crippen LogP contribution is -2.14. The number of pyridine rings is 1. The Morgan fingerprint density at radius 2 is 1.79 bits per heavy atom. The standard InChI is InChI=1S/C28H15N3O2/c1-14(2)17-12-18-24-19(28(32)31-21-9-5-4-8-20(21)30-27(18)31)11-15(13-29)23-16-7-3-6-10-22(16)33-26(17)25(23)24/h3-12H,1H2,2H3. The summed E-state index contributed by atoms with van der Waals surface area (Å²) in [5.74, 6) is 0. The van der Waals surface area contributed by atoms with Gasteiger partial charge in [-0.3, -0.25) is 9.20 Å². The number of nitriles is 1. The molecule has 0 amide bonds. The van der Waals surface area contributed by atoms with Crippen LogP contribution in [-0.2, 0) is 0 Å². The van der Waals surface area contributed by atoms with Crippen LogP contribution in [0.5, 0.6) is 0 Å². The Kier molecular flexibility index (Phi) is 3.24. The molecule has 0 N–H and O–H groups in total. The lowest BCUT2D eigenvalue weighted by Gasteiger charge is -2.17. The van der Waals surface area contributed by atoms with Crippen LogP contribution in [0.25, 0.3) is 65.7 Å². The highest BCUT2D eigenvalue weighted by Gasteiger charge is 2.24. The van der Waals surface area contributed by atoms with Crippen LogP contribution in [-0.4, -0.2) is 9.38 Å². The van der Waals surface area contributed by atoms with Gasteiger partial charge >= 0.3 is 0 Å². The van der Waals surface area contributed by atoms with E-state index in [9.17, 15) is 10.1 Å². The van der Waals surface area contributed by atoms with E-state index in [0.29, 0.717) is 27.8 Å². The predicted octanol–water partition coefficient (Wildman–Crippen LogP) is 6.40. The maximum atomic E-state index is 13.8. The first kappa shape index (κ1) is 17.9. The first-order valence-electron chi connectivity index (χ1n) is 10.6. The zero-order chi connectivity index (χ0) is 22.4. The van der Waals surface area contributed by atoms with Crippen LogP contribution >= 0.6 is 0 Å². The molecule has 0 spiro atoms. The van der Waals surface area contributed by atoms with Gasteiger partial charge in [-0.2, -0.15) is 5.26 Å². The molecule has 0 unspecified atom stereocenters. The molecule has 0 atom stereocenters. The maximum Gasteiger partial charge on any atom is 0.264 e. The molecular formula is C28H15N3O2. The third-order valence-corrected chi connectivity index (χ3v) is 6.54. The van der Waals surface area contributed by atoms with E-state index in [4.69, 9.17) is 9.40 Å². The number of nitrogens with zero attached hydrogens (tertiary/aromatic N) is 3. The van der Waals surface area contributed by atoms with E-state index >= 15 is 0 Å². The molecule has 33 heavy (non-hydrogen) atoms. The highest BCUT2D eigenvalue weighted by atomic mass is 16.3. The second-order valence-electron chi connectivity index (χ2n) is 8.45. The van der Waals surface area contributed by atoms with Gasteiger partial charge in [0.15, 0.2) is 0 Å². The second kappa shape index (κ2) is 5.96. The molecule has 7 aromatic rings. The minimum Gasteiger partial charge on any atom is -0.455 e. The molecule has 4 aromatic carbocycles. The average Bonchev–Trinajstić information content (AvgIpc) is 3.23. The Bertz CT molecular complexity index is 2090. The molecule has 5 nitrogen and oxygen atoms in total. The molecule has 5 heteroatoms. The minimum atomic E-state index is -0.192. The molecule has 154 valence electrons. The van der Waals surface area contributed by atoms with Crippen molar-refractivity contribution >= 4 is 65.7 Å². The van der Waals surface area contributed by atoms with E-state index in [1.165, 1.54) is 0 Å². The largest absolute Gasteiger partial charge is 0.455 e. The van der Waals surface area contributed by atoms with E-state index < -0.39 is 0 Å². The molecular weight excluding hydrogens is 410 g/mol. The van der Waals surface area contributed by atoms with Gasteiger partial charge in [-0.15, -0.1) is 0 Å². The van der Waals surface area contributed by atoms with E-state index in [2.05, 4.69) is 12.6 Å². The molecule has 3 aromatic heterocycles. The summed E-state index contributed by atoms with van der Waals surface area (Å²) in [6.07, 6.45) is 0. The monoisotopic (exact) mass is 425 g/mol. The minimum absolute atomic E-state index is 0.192. The summed E-state index contributed by atoms with van der Waals surface area (Å²) in [6, 6.07) is 21.3. The van der Waals surface area contributed by atoms with Gasteiger partial charge in [-0.05, 0) is 42.8 Å². The zero-order valence-electron chi connectivity index (χ0n) is 17.6. The Balaban J connectivity index is 1.93. The fourth-order valence-electron chi connectivity index (χ4n) is 5.15. The van der Waals surface area contributed by atoms with Gasteiger partial charge in [0.2, 0.25) is 0 Å². The summed E-state index contributed by atoms with van der Waals surface area (Å²) in [6.45, 7) is 6.11. The topological polar surface area (TPSA) is 71.3 Å². The second-order valence-corrected chi connectivity index (χ2v) is 8.45. The van der Waals surface area contributed by atoms with E-state index in [0.717, 1.165) is 49.1 Å². The zero-order valence-corrected chi connectivity index (χ0v) is 17.6. The predicted molar refractivity (Wildman–Crippen MR) is 132 cm³/mol. The summed E-state index contributed by atoms with van der Waals surface area (Å²) in [5, 5.41) is 14.6. The normalized spacial score (nSPS) is 12.0. The van der Waals surface area contributed by atoms with Crippen molar-refractivity contribution in [2.45, 2.75) is 6.92 Å². The summed E-state index contributed by atoms with van der Waals surface area (Å²) < 4.78 is 8.04. The van der Waals surface area contributed by atoms with Crippen molar-refractivity contribution in [2.75, 3.05) is 0 Å². The van der Waals surface area contributed by atoms with Crippen LogP contribution in [0.3, 0.4) is 0 Å². The van der Waals surface area contributed by atoms with E-state index in [1.54, 1.807) is 10.5 Å². The van der Waals surface area contributed by atoms with E-state index in [-0.39, 0.29) is 5.56 Å². The number of hydrogen-bond donors (Lipinski definition) is 0. The Morgan fingerprint density at radius 3 is 2.61 bits per heavy atom. The quantitative estimate of drug-likeness (QED) is 0.225. The molecule has 0 radical (unpaired) electrons. The third kappa shape index (κ3) is 2.10. The molecule has 0 aliphatic rings. The van der Waals surface area contributed by atoms with Crippen molar-refractivity contribution in [3.8, 4) is 6.07 Å². The molecule has 0 aliphatic carbocycles. The van der Waals surface area contributed by atoms with Gasteiger partial charge in [-0.25, -0.2) is 4.98 Å². The van der Waals surface area contributed by atoms with Crippen molar-refractivity contribution in [3.63, 3.8) is 0 Å². The number of imidazole rings is 1. The van der Waals surface area contributed by atoms with Gasteiger partial charge in [0, 0.05) is 32.5 Å². The van der Waals surface area contributed by atoms with Crippen LogP contribution in [0.1, 0.15) is 18.1 Å². The molecule has 0 fully saturated rings. The number of aromatic nitrogens is 2. The Hall–Kier alpha value is -4.69. The van der Waals surface area contributed by atoms with Crippen LogP contribution in [0.2, 0.25) is 0 Å². The lowest BCUT2D eigenvalue weighted by molar-refractivity contribution is 0.661. The fraction of sp³-hybridized carbons (Fsp3) is 0.0357. The smallest absolute Gasteiger partial charge is 0.264 e. The summed E-state index contributed by atoms with van der Waals surface area (Å²) in [5.41, 5.74) is 5.32. The summed E-state index contributed by atoms with van der Waals surface area (Å²) in [4.78, 5) is 18.6. The van der Waals surface area contributed by atoms with Crippen molar-refractivity contribution in [2.24, 2.45) is 0 Å². The lowest BCUT2D eigenvalue weighted by atomic mass is 9.90. The van der Waals surface area contributed by atoms with Crippen LogP contribution < -0.4 is 5.56 Å². The van der Waals surface area contributed by atoms with Crippen LogP contribution in [0.15, 0.2) is 76.5 Å². The van der Waals surface area contributed by atoms with Gasteiger partial charge in [0.1, 0.15) is 16.8 Å². The van der Waals surface area contributed by atoms with Crippen molar-refractivity contribution in [1.82, 2.24) is 9.38 Å². The number of fused-ring (bicyclic) bond motifs is 6. The maximum absolute atomic E-state index is 13.8. The van der Waals surface area contributed by atoms with Gasteiger partial charge in [-0.1, -0.05) is 36.9 Å². The molecule has 3 heterocycles. The van der Waals surface area contributed by atoms with Gasteiger partial charge < -0.3 is 4.42 Å². The van der Waals surface area contributed by atoms with Crippen LogP contribution in [0.4, 0.5) is 0 Å². The number of rotatable bonds is 1. The van der Waals surface area contributed by atoms with Crippen molar-refractivity contribution in [1.29, 1.82) is 5.26 Å². The molecule has 0 saturated carbocycles. The fourth-order valence-corrected chi connectivity index (χ4v) is 5.15. The molecule has 0 saturated heterocycles. The van der Waals surface area contributed by atoms with Gasteiger partial charge in [0.25, 0.3) is 5.56 Å². The van der Waals surface area contributed by atoms with Crippen molar-refractivity contribution < 1.29 is 4.42 Å². The number of allylic oxidation sites excluding steroid dienone is 1.